The Morgan fingerprint density at radius 2 is 1.56 bits per heavy atom. The van der Waals surface area contributed by atoms with Gasteiger partial charge in [-0.05, 0) is 50.5 Å². The molecular formula is C29H44O3. The Bertz CT molecular complexity index is 664. The number of cyclic esters (lactones) is 1. The van der Waals surface area contributed by atoms with Crippen molar-refractivity contribution in [2.45, 2.75) is 109 Å². The summed E-state index contributed by atoms with van der Waals surface area (Å²) in [6.07, 6.45) is 24.1. The molecule has 1 heterocycles. The lowest BCUT2D eigenvalue weighted by Gasteiger charge is -2.36. The molecule has 1 saturated heterocycles. The van der Waals surface area contributed by atoms with E-state index in [-0.39, 0.29) is 24.1 Å². The van der Waals surface area contributed by atoms with Gasteiger partial charge in [0.25, 0.3) is 0 Å². The molecule has 1 aromatic carbocycles. The van der Waals surface area contributed by atoms with E-state index in [1.165, 1.54) is 57.8 Å². The van der Waals surface area contributed by atoms with Crippen molar-refractivity contribution < 1.29 is 14.6 Å². The third-order valence-corrected chi connectivity index (χ3v) is 6.31. The summed E-state index contributed by atoms with van der Waals surface area (Å²) in [4.78, 5) is 11.8. The molecule has 2 rings (SSSR count). The van der Waals surface area contributed by atoms with Crippen LogP contribution in [0.2, 0.25) is 0 Å². The summed E-state index contributed by atoms with van der Waals surface area (Å²) in [5.74, 6) is -0.222. The predicted molar refractivity (Wildman–Crippen MR) is 133 cm³/mol. The Kier molecular flexibility index (Phi) is 13.8. The number of hydrogen-bond donors (Lipinski definition) is 1. The van der Waals surface area contributed by atoms with Gasteiger partial charge in [0.1, 0.15) is 6.10 Å². The molecule has 3 nitrogen and oxygen atoms in total. The van der Waals surface area contributed by atoms with Crippen LogP contribution in [-0.4, -0.2) is 23.3 Å². The minimum atomic E-state index is -0.371. The van der Waals surface area contributed by atoms with E-state index in [4.69, 9.17) is 4.74 Å². The van der Waals surface area contributed by atoms with E-state index < -0.39 is 0 Å². The number of aliphatic hydroxyl groups excluding tert-OH is 1. The van der Waals surface area contributed by atoms with Gasteiger partial charge in [-0.3, -0.25) is 4.79 Å². The highest BCUT2D eigenvalue weighted by Gasteiger charge is 2.42. The van der Waals surface area contributed by atoms with Gasteiger partial charge in [0.05, 0.1) is 12.0 Å². The van der Waals surface area contributed by atoms with Crippen molar-refractivity contribution in [3.63, 3.8) is 0 Å². The van der Waals surface area contributed by atoms with Crippen molar-refractivity contribution in [3.05, 3.63) is 60.2 Å². The number of aliphatic hydroxyl groups is 1. The standard InChI is InChI=1S/C29H44O3/c1-2-3-4-5-6-7-8-9-10-11-12-13-14-15-19-22-26(30)24-28-27(29(31)32-28)23-25-20-17-16-18-21-25/h6-7,9-10,16-18,20-21,26-28,30H,2-5,8,11-15,19,22-24H2,1H3/b7-6-,10-9-/t26?,27-,28+/m0/s1. The lowest BCUT2D eigenvalue weighted by atomic mass is 9.86. The summed E-state index contributed by atoms with van der Waals surface area (Å²) in [5.41, 5.74) is 1.15. The molecule has 0 aromatic heterocycles. The molecule has 0 bridgehead atoms. The fraction of sp³-hybridized carbons (Fsp3) is 0.621. The SMILES string of the molecule is CCCCC/C=C\C/C=C\CCCCCCCC(O)C[C@H]1OC(=O)[C@H]1Cc1ccccc1. The van der Waals surface area contributed by atoms with Crippen LogP contribution >= 0.6 is 0 Å². The highest BCUT2D eigenvalue weighted by Crippen LogP contribution is 2.30. The Morgan fingerprint density at radius 1 is 0.906 bits per heavy atom. The van der Waals surface area contributed by atoms with Gasteiger partial charge in [-0.25, -0.2) is 0 Å². The minimum Gasteiger partial charge on any atom is -0.461 e. The Hall–Kier alpha value is -1.87. The fourth-order valence-electron chi connectivity index (χ4n) is 4.27. The van der Waals surface area contributed by atoms with Gasteiger partial charge < -0.3 is 9.84 Å². The van der Waals surface area contributed by atoms with Crippen LogP contribution in [0.3, 0.4) is 0 Å². The predicted octanol–water partition coefficient (Wildman–Crippen LogP) is 7.34. The van der Waals surface area contributed by atoms with Gasteiger partial charge in [0, 0.05) is 6.42 Å². The minimum absolute atomic E-state index is 0.100. The first-order valence-corrected chi connectivity index (χ1v) is 12.9. The maximum atomic E-state index is 11.8. The number of rotatable bonds is 18. The zero-order chi connectivity index (χ0) is 22.9. The second kappa shape index (κ2) is 16.7. The van der Waals surface area contributed by atoms with Crippen molar-refractivity contribution in [1.82, 2.24) is 0 Å². The van der Waals surface area contributed by atoms with E-state index in [0.717, 1.165) is 24.8 Å². The highest BCUT2D eigenvalue weighted by molar-refractivity contribution is 5.78. The van der Waals surface area contributed by atoms with Crippen molar-refractivity contribution >= 4 is 5.97 Å². The number of ether oxygens (including phenoxy) is 1. The summed E-state index contributed by atoms with van der Waals surface area (Å²) >= 11 is 0. The van der Waals surface area contributed by atoms with Crippen LogP contribution in [0, 0.1) is 5.92 Å². The van der Waals surface area contributed by atoms with Crippen molar-refractivity contribution in [2.75, 3.05) is 0 Å². The third kappa shape index (κ3) is 11.1. The Labute approximate surface area is 196 Å². The molecule has 32 heavy (non-hydrogen) atoms. The van der Waals surface area contributed by atoms with Gasteiger partial charge in [-0.15, -0.1) is 0 Å². The second-order valence-corrected chi connectivity index (χ2v) is 9.18. The normalized spacial score (nSPS) is 19.4. The molecule has 0 spiro atoms. The summed E-state index contributed by atoms with van der Waals surface area (Å²) < 4.78 is 5.31. The van der Waals surface area contributed by atoms with Gasteiger partial charge in [-0.1, -0.05) is 100 Å². The average Bonchev–Trinajstić information content (AvgIpc) is 2.80. The summed E-state index contributed by atoms with van der Waals surface area (Å²) in [7, 11) is 0. The molecular weight excluding hydrogens is 396 g/mol. The van der Waals surface area contributed by atoms with Crippen LogP contribution in [0.4, 0.5) is 0 Å². The second-order valence-electron chi connectivity index (χ2n) is 9.18. The highest BCUT2D eigenvalue weighted by atomic mass is 16.6. The maximum Gasteiger partial charge on any atom is 0.313 e. The van der Waals surface area contributed by atoms with E-state index in [0.29, 0.717) is 12.8 Å². The molecule has 0 aliphatic carbocycles. The van der Waals surface area contributed by atoms with Crippen LogP contribution in [0.25, 0.3) is 0 Å². The first-order chi connectivity index (χ1) is 15.7. The topological polar surface area (TPSA) is 46.5 Å². The molecule has 1 aliphatic rings. The average molecular weight is 441 g/mol. The zero-order valence-corrected chi connectivity index (χ0v) is 20.1. The van der Waals surface area contributed by atoms with Crippen LogP contribution in [-0.2, 0) is 16.0 Å². The lowest BCUT2D eigenvalue weighted by Crippen LogP contribution is -2.47. The van der Waals surface area contributed by atoms with Gasteiger partial charge in [-0.2, -0.15) is 0 Å². The molecule has 0 saturated carbocycles. The largest absolute Gasteiger partial charge is 0.461 e. The van der Waals surface area contributed by atoms with Crippen LogP contribution in [0.1, 0.15) is 96.0 Å². The Morgan fingerprint density at radius 3 is 2.25 bits per heavy atom. The summed E-state index contributed by atoms with van der Waals surface area (Å²) in [5, 5.41) is 10.4. The first-order valence-electron chi connectivity index (χ1n) is 12.9. The molecule has 1 fully saturated rings. The molecule has 3 atom stereocenters. The van der Waals surface area contributed by atoms with E-state index in [1.54, 1.807) is 0 Å². The first kappa shape index (κ1) is 26.4. The number of esters is 1. The van der Waals surface area contributed by atoms with E-state index in [2.05, 4.69) is 31.2 Å². The molecule has 1 N–H and O–H groups in total. The van der Waals surface area contributed by atoms with Crippen molar-refractivity contribution in [1.29, 1.82) is 0 Å². The maximum absolute atomic E-state index is 11.8. The molecule has 178 valence electrons. The Balaban J connectivity index is 1.43. The number of unbranched alkanes of at least 4 members (excludes halogenated alkanes) is 8. The number of benzene rings is 1. The zero-order valence-electron chi connectivity index (χ0n) is 20.1. The number of allylic oxidation sites excluding steroid dienone is 4. The summed E-state index contributed by atoms with van der Waals surface area (Å²) in [6, 6.07) is 10.1. The van der Waals surface area contributed by atoms with E-state index in [1.807, 2.05) is 30.3 Å². The molecule has 0 radical (unpaired) electrons. The number of carbonyl (C=O) groups excluding carboxylic acids is 1. The quantitative estimate of drug-likeness (QED) is 0.148. The van der Waals surface area contributed by atoms with Gasteiger partial charge in [0.15, 0.2) is 0 Å². The van der Waals surface area contributed by atoms with Crippen LogP contribution < -0.4 is 0 Å². The third-order valence-electron chi connectivity index (χ3n) is 6.31. The van der Waals surface area contributed by atoms with Gasteiger partial charge >= 0.3 is 5.97 Å². The lowest BCUT2D eigenvalue weighted by molar-refractivity contribution is -0.187. The van der Waals surface area contributed by atoms with Crippen molar-refractivity contribution in [2.24, 2.45) is 5.92 Å². The number of carbonyl (C=O) groups is 1. The van der Waals surface area contributed by atoms with Crippen molar-refractivity contribution in [3.8, 4) is 0 Å². The monoisotopic (exact) mass is 440 g/mol. The fourth-order valence-corrected chi connectivity index (χ4v) is 4.27. The smallest absolute Gasteiger partial charge is 0.313 e. The van der Waals surface area contributed by atoms with Gasteiger partial charge in [0.2, 0.25) is 0 Å². The molecule has 1 aromatic rings. The molecule has 0 amide bonds. The van der Waals surface area contributed by atoms with Crippen LogP contribution in [0.15, 0.2) is 54.6 Å². The summed E-state index contributed by atoms with van der Waals surface area (Å²) in [6.45, 7) is 2.24. The molecule has 1 unspecified atom stereocenters. The van der Waals surface area contributed by atoms with E-state index in [9.17, 15) is 9.90 Å². The van der Waals surface area contributed by atoms with E-state index >= 15 is 0 Å². The van der Waals surface area contributed by atoms with Crippen LogP contribution in [0.5, 0.6) is 0 Å². The molecule has 3 heteroatoms. The number of hydrogen-bond acceptors (Lipinski definition) is 3. The molecule has 1 aliphatic heterocycles.